The maximum atomic E-state index is 13.2. The third-order valence-electron chi connectivity index (χ3n) is 3.73. The fourth-order valence-electron chi connectivity index (χ4n) is 2.43. The van der Waals surface area contributed by atoms with Crippen molar-refractivity contribution in [3.8, 4) is 6.07 Å². The Balaban J connectivity index is 0.00000312. The van der Waals surface area contributed by atoms with E-state index in [0.717, 1.165) is 0 Å². The smallest absolute Gasteiger partial charge is 0.314 e. The number of hydrogen-bond acceptors (Lipinski definition) is 5. The van der Waals surface area contributed by atoms with Gasteiger partial charge in [-0.05, 0) is 24.3 Å². The fourth-order valence-corrected chi connectivity index (χ4v) is 3.46. The first-order chi connectivity index (χ1) is 11.2. The van der Waals surface area contributed by atoms with Gasteiger partial charge in [-0.25, -0.2) is 13.1 Å². The number of alkyl halides is 3. The third-order valence-corrected chi connectivity index (χ3v) is 5.17. The first kappa shape index (κ1) is 21.7. The van der Waals surface area contributed by atoms with Crippen LogP contribution in [0.1, 0.15) is 5.56 Å². The van der Waals surface area contributed by atoms with Crippen LogP contribution in [0.4, 0.5) is 13.2 Å². The van der Waals surface area contributed by atoms with Crippen LogP contribution in [0.25, 0.3) is 0 Å². The summed E-state index contributed by atoms with van der Waals surface area (Å²) in [5.74, 6) is 0. The van der Waals surface area contributed by atoms with Gasteiger partial charge in [0.15, 0.2) is 0 Å². The molecule has 1 heterocycles. The van der Waals surface area contributed by atoms with E-state index in [1.165, 1.54) is 29.2 Å². The van der Waals surface area contributed by atoms with Crippen molar-refractivity contribution in [2.24, 2.45) is 0 Å². The molecule has 2 rings (SSSR count). The predicted octanol–water partition coefficient (Wildman–Crippen LogP) is 1.09. The molecule has 1 unspecified atom stereocenters. The second kappa shape index (κ2) is 8.82. The summed E-state index contributed by atoms with van der Waals surface area (Å²) >= 11 is 0. The van der Waals surface area contributed by atoms with Crippen molar-refractivity contribution in [1.29, 1.82) is 5.26 Å². The maximum Gasteiger partial charge on any atom is 0.405 e. The molecule has 1 atom stereocenters. The number of hydrogen-bond donors (Lipinski definition) is 2. The van der Waals surface area contributed by atoms with E-state index in [1.807, 2.05) is 10.8 Å². The van der Waals surface area contributed by atoms with Crippen LogP contribution in [0.5, 0.6) is 0 Å². The van der Waals surface area contributed by atoms with Gasteiger partial charge in [-0.15, -0.1) is 12.4 Å². The van der Waals surface area contributed by atoms with Crippen LogP contribution in [0, 0.1) is 11.3 Å². The van der Waals surface area contributed by atoms with Crippen LogP contribution in [-0.4, -0.2) is 58.3 Å². The van der Waals surface area contributed by atoms with Gasteiger partial charge in [-0.3, -0.25) is 4.90 Å². The zero-order valence-corrected chi connectivity index (χ0v) is 14.7. The molecular weight excluding hydrogens is 381 g/mol. The second-order valence-electron chi connectivity index (χ2n) is 5.33. The van der Waals surface area contributed by atoms with Gasteiger partial charge in [0.05, 0.1) is 16.5 Å². The highest BCUT2D eigenvalue weighted by atomic mass is 35.5. The molecule has 6 nitrogen and oxygen atoms in total. The molecule has 0 aromatic heterocycles. The molecule has 0 spiro atoms. The van der Waals surface area contributed by atoms with Gasteiger partial charge in [0, 0.05) is 32.7 Å². The lowest BCUT2D eigenvalue weighted by Gasteiger charge is -2.35. The van der Waals surface area contributed by atoms with Crippen LogP contribution in [0.3, 0.4) is 0 Å². The monoisotopic (exact) mass is 398 g/mol. The largest absolute Gasteiger partial charge is 0.405 e. The molecule has 0 amide bonds. The molecule has 140 valence electrons. The van der Waals surface area contributed by atoms with Gasteiger partial charge in [-0.2, -0.15) is 18.4 Å². The minimum Gasteiger partial charge on any atom is -0.314 e. The lowest BCUT2D eigenvalue weighted by molar-refractivity contribution is -0.182. The fraction of sp³-hybridized carbons (Fsp3) is 0.500. The summed E-state index contributed by atoms with van der Waals surface area (Å²) in [4.78, 5) is 1.04. The Morgan fingerprint density at radius 3 is 2.28 bits per heavy atom. The Bertz CT molecular complexity index is 698. The maximum absolute atomic E-state index is 13.2. The number of halogens is 4. The van der Waals surface area contributed by atoms with Gasteiger partial charge in [-0.1, -0.05) is 0 Å². The molecule has 0 bridgehead atoms. The summed E-state index contributed by atoms with van der Waals surface area (Å²) in [5.41, 5.74) is 0.267. The first-order valence-corrected chi connectivity index (χ1v) is 8.73. The van der Waals surface area contributed by atoms with Crippen molar-refractivity contribution < 1.29 is 21.6 Å². The average molecular weight is 399 g/mol. The molecule has 0 saturated carbocycles. The molecule has 1 aromatic rings. The quantitative estimate of drug-likeness (QED) is 0.775. The summed E-state index contributed by atoms with van der Waals surface area (Å²) in [6.07, 6.45) is -4.54. The van der Waals surface area contributed by atoms with Gasteiger partial charge < -0.3 is 5.32 Å². The normalized spacial score (nSPS) is 17.4. The molecule has 1 aliphatic rings. The zero-order valence-electron chi connectivity index (χ0n) is 13.1. The molecule has 1 fully saturated rings. The number of piperazine rings is 1. The van der Waals surface area contributed by atoms with Crippen molar-refractivity contribution in [2.45, 2.75) is 17.1 Å². The number of rotatable bonds is 5. The Morgan fingerprint density at radius 1 is 1.24 bits per heavy atom. The van der Waals surface area contributed by atoms with Crippen molar-refractivity contribution in [3.05, 3.63) is 29.8 Å². The van der Waals surface area contributed by atoms with E-state index >= 15 is 0 Å². The van der Waals surface area contributed by atoms with Gasteiger partial charge in [0.2, 0.25) is 10.0 Å². The number of benzene rings is 1. The number of nitrogens with one attached hydrogen (secondary N) is 2. The highest BCUT2D eigenvalue weighted by molar-refractivity contribution is 7.89. The summed E-state index contributed by atoms with van der Waals surface area (Å²) in [7, 11) is -4.08. The molecular formula is C14H18ClF3N4O2S. The van der Waals surface area contributed by atoms with Crippen LogP contribution < -0.4 is 10.0 Å². The van der Waals surface area contributed by atoms with Crippen molar-refractivity contribution in [1.82, 2.24) is 14.9 Å². The van der Waals surface area contributed by atoms with E-state index in [-0.39, 0.29) is 36.0 Å². The molecule has 1 saturated heterocycles. The summed E-state index contributed by atoms with van der Waals surface area (Å²) in [5, 5.41) is 11.6. The van der Waals surface area contributed by atoms with Crippen LogP contribution >= 0.6 is 12.4 Å². The van der Waals surface area contributed by atoms with E-state index in [4.69, 9.17) is 5.26 Å². The van der Waals surface area contributed by atoms with Crippen molar-refractivity contribution >= 4 is 22.4 Å². The highest BCUT2D eigenvalue weighted by Gasteiger charge is 2.44. The van der Waals surface area contributed by atoms with Crippen LogP contribution in [0.2, 0.25) is 0 Å². The topological polar surface area (TPSA) is 85.2 Å². The minimum absolute atomic E-state index is 0. The first-order valence-electron chi connectivity index (χ1n) is 7.25. The van der Waals surface area contributed by atoms with E-state index in [9.17, 15) is 21.6 Å². The average Bonchev–Trinajstić information content (AvgIpc) is 2.54. The summed E-state index contributed by atoms with van der Waals surface area (Å²) in [6.45, 7) is 0.487. The Kier molecular flexibility index (Phi) is 7.64. The molecule has 1 aromatic carbocycles. The Morgan fingerprint density at radius 2 is 1.80 bits per heavy atom. The van der Waals surface area contributed by atoms with Gasteiger partial charge in [0.25, 0.3) is 0 Å². The SMILES string of the molecule is Cl.N#Cc1ccc(S(=O)(=O)NCC(N2CCNCC2)C(F)(F)F)cc1. The molecule has 1 aliphatic heterocycles. The van der Waals surface area contributed by atoms with Gasteiger partial charge in [0.1, 0.15) is 6.04 Å². The highest BCUT2D eigenvalue weighted by Crippen LogP contribution is 2.25. The Hall–Kier alpha value is -1.38. The molecule has 2 N–H and O–H groups in total. The standard InChI is InChI=1S/C14H17F3N4O2S.ClH/c15-14(16,17)13(21-7-5-19-6-8-21)10-20-24(22,23)12-3-1-11(9-18)2-4-12;/h1-4,13,19-20H,5-8,10H2;1H. The Labute approximate surface area is 150 Å². The van der Waals surface area contributed by atoms with Crippen LogP contribution in [-0.2, 0) is 10.0 Å². The molecule has 11 heteroatoms. The lowest BCUT2D eigenvalue weighted by atomic mass is 10.2. The van der Waals surface area contributed by atoms with E-state index in [0.29, 0.717) is 13.1 Å². The van der Waals surface area contributed by atoms with E-state index in [2.05, 4.69) is 5.32 Å². The molecule has 25 heavy (non-hydrogen) atoms. The van der Waals surface area contributed by atoms with Crippen molar-refractivity contribution in [2.75, 3.05) is 32.7 Å². The zero-order chi connectivity index (χ0) is 17.8. The molecule has 0 radical (unpaired) electrons. The molecule has 0 aliphatic carbocycles. The predicted molar refractivity (Wildman–Crippen MR) is 87.9 cm³/mol. The van der Waals surface area contributed by atoms with Crippen molar-refractivity contribution in [3.63, 3.8) is 0 Å². The lowest BCUT2D eigenvalue weighted by Crippen LogP contribution is -2.57. The van der Waals surface area contributed by atoms with E-state index in [1.54, 1.807) is 0 Å². The summed E-state index contributed by atoms with van der Waals surface area (Å²) in [6, 6.07) is 4.93. The second-order valence-corrected chi connectivity index (χ2v) is 7.10. The van der Waals surface area contributed by atoms with Crippen LogP contribution in [0.15, 0.2) is 29.2 Å². The van der Waals surface area contributed by atoms with E-state index < -0.39 is 28.8 Å². The number of nitriles is 1. The minimum atomic E-state index is -4.54. The number of sulfonamides is 1. The number of nitrogens with zero attached hydrogens (tertiary/aromatic N) is 2. The van der Waals surface area contributed by atoms with Gasteiger partial charge >= 0.3 is 6.18 Å². The summed E-state index contributed by atoms with van der Waals surface area (Å²) < 4.78 is 66.1. The third kappa shape index (κ3) is 5.83.